The van der Waals surface area contributed by atoms with Gasteiger partial charge in [-0.2, -0.15) is 0 Å². The molecule has 0 spiro atoms. The Balaban J connectivity index is 1.99. The van der Waals surface area contributed by atoms with E-state index in [2.05, 4.69) is 50.4 Å². The van der Waals surface area contributed by atoms with Crippen LogP contribution in [0.25, 0.3) is 0 Å². The Hall–Kier alpha value is -3.16. The molecule has 0 aliphatic heterocycles. The zero-order valence-corrected chi connectivity index (χ0v) is 22.9. The minimum Gasteiger partial charge on any atom is -0.481 e. The van der Waals surface area contributed by atoms with E-state index in [4.69, 9.17) is 9.16 Å². The van der Waals surface area contributed by atoms with Crippen molar-refractivity contribution in [1.29, 1.82) is 0 Å². The summed E-state index contributed by atoms with van der Waals surface area (Å²) < 4.78 is 12.5. The molecule has 0 atom stereocenters. The topological polar surface area (TPSA) is 84.9 Å². The molecule has 1 aliphatic carbocycles. The zero-order chi connectivity index (χ0) is 26.6. The fourth-order valence-electron chi connectivity index (χ4n) is 4.62. The van der Waals surface area contributed by atoms with Crippen LogP contribution in [0.4, 0.5) is 4.79 Å². The molecule has 0 saturated heterocycles. The van der Waals surface area contributed by atoms with Crippen LogP contribution in [-0.2, 0) is 14.0 Å². The number of hydrogen-bond acceptors (Lipinski definition) is 4. The van der Waals surface area contributed by atoms with Crippen LogP contribution >= 0.6 is 0 Å². The SMILES string of the molecule is CC(C)(C)OC(=O)NC1(CC(=O)O)C=CC(O[Si](c2ccccc2)(c2ccccc2)C(C)(C)C)C=C1. The van der Waals surface area contributed by atoms with E-state index < -0.39 is 37.6 Å². The van der Waals surface area contributed by atoms with E-state index in [1.54, 1.807) is 32.9 Å². The monoisotopic (exact) mass is 507 g/mol. The van der Waals surface area contributed by atoms with Gasteiger partial charge >= 0.3 is 12.1 Å². The molecular weight excluding hydrogens is 470 g/mol. The third kappa shape index (κ3) is 6.33. The third-order valence-corrected chi connectivity index (χ3v) is 11.1. The second kappa shape index (κ2) is 10.4. The molecule has 192 valence electrons. The smallest absolute Gasteiger partial charge is 0.408 e. The van der Waals surface area contributed by atoms with Gasteiger partial charge in [0.2, 0.25) is 0 Å². The largest absolute Gasteiger partial charge is 0.481 e. The van der Waals surface area contributed by atoms with E-state index in [-0.39, 0.29) is 11.5 Å². The third-order valence-electron chi connectivity index (χ3n) is 6.07. The number of amides is 1. The summed E-state index contributed by atoms with van der Waals surface area (Å²) in [5.74, 6) is -1.04. The molecule has 0 bridgehead atoms. The maximum absolute atomic E-state index is 12.5. The quantitative estimate of drug-likeness (QED) is 0.416. The zero-order valence-electron chi connectivity index (χ0n) is 21.9. The Morgan fingerprint density at radius 1 is 0.889 bits per heavy atom. The van der Waals surface area contributed by atoms with Gasteiger partial charge in [0.1, 0.15) is 5.60 Å². The van der Waals surface area contributed by atoms with Crippen molar-refractivity contribution in [2.75, 3.05) is 0 Å². The van der Waals surface area contributed by atoms with Crippen LogP contribution in [0, 0.1) is 0 Å². The molecule has 1 amide bonds. The number of alkyl carbamates (subject to hydrolysis) is 1. The highest BCUT2D eigenvalue weighted by Crippen LogP contribution is 2.38. The molecule has 2 N–H and O–H groups in total. The van der Waals surface area contributed by atoms with Gasteiger partial charge in [-0.3, -0.25) is 4.79 Å². The predicted octanol–water partition coefficient (Wildman–Crippen LogP) is 4.80. The standard InChI is InChI=1S/C29H37NO5Si/c1-27(2,3)34-26(33)30-29(21-25(31)32)19-17-22(18-20-29)35-36(28(4,5)6,23-13-9-7-10-14-23)24-15-11-8-12-16-24/h7-20,22H,21H2,1-6H3,(H,30,33)(H,31,32). The van der Waals surface area contributed by atoms with Crippen LogP contribution in [0.2, 0.25) is 5.04 Å². The van der Waals surface area contributed by atoms with Crippen LogP contribution in [-0.4, -0.2) is 42.7 Å². The van der Waals surface area contributed by atoms with Crippen molar-refractivity contribution in [3.05, 3.63) is 85.0 Å². The molecule has 36 heavy (non-hydrogen) atoms. The summed E-state index contributed by atoms with van der Waals surface area (Å²) in [6, 6.07) is 20.6. The van der Waals surface area contributed by atoms with Gasteiger partial charge in [0.05, 0.1) is 18.1 Å². The Kier molecular flexibility index (Phi) is 7.96. The van der Waals surface area contributed by atoms with Gasteiger partial charge in [-0.1, -0.05) is 106 Å². The molecule has 7 heteroatoms. The van der Waals surface area contributed by atoms with Gasteiger partial charge in [-0.05, 0) is 36.2 Å². The molecular formula is C29H37NO5Si. The average Bonchev–Trinajstić information content (AvgIpc) is 2.77. The van der Waals surface area contributed by atoms with Crippen molar-refractivity contribution >= 4 is 30.8 Å². The summed E-state index contributed by atoms with van der Waals surface area (Å²) in [6.07, 6.45) is 5.68. The number of carbonyl (C=O) groups is 2. The number of benzene rings is 2. The van der Waals surface area contributed by atoms with Crippen LogP contribution in [0.5, 0.6) is 0 Å². The maximum Gasteiger partial charge on any atom is 0.408 e. The first-order chi connectivity index (χ1) is 16.8. The highest BCUT2D eigenvalue weighted by atomic mass is 28.4. The first-order valence-electron chi connectivity index (χ1n) is 12.2. The molecule has 0 aromatic heterocycles. The molecule has 0 radical (unpaired) electrons. The Morgan fingerprint density at radius 3 is 1.75 bits per heavy atom. The number of carboxylic acids is 1. The lowest BCUT2D eigenvalue weighted by Crippen LogP contribution is -2.67. The average molecular weight is 508 g/mol. The van der Waals surface area contributed by atoms with Crippen LogP contribution in [0.3, 0.4) is 0 Å². The van der Waals surface area contributed by atoms with Crippen molar-refractivity contribution in [2.45, 2.75) is 70.2 Å². The molecule has 0 unspecified atom stereocenters. The lowest BCUT2D eigenvalue weighted by Gasteiger charge is -2.45. The number of carbonyl (C=O) groups excluding carboxylic acids is 1. The van der Waals surface area contributed by atoms with E-state index in [0.29, 0.717) is 0 Å². The highest BCUT2D eigenvalue weighted by molar-refractivity contribution is 6.99. The lowest BCUT2D eigenvalue weighted by atomic mass is 9.90. The van der Waals surface area contributed by atoms with Gasteiger partial charge < -0.3 is 19.6 Å². The number of rotatable bonds is 7. The van der Waals surface area contributed by atoms with E-state index in [0.717, 1.165) is 10.4 Å². The predicted molar refractivity (Wildman–Crippen MR) is 145 cm³/mol. The summed E-state index contributed by atoms with van der Waals surface area (Å²) in [4.78, 5) is 24.2. The molecule has 0 heterocycles. The second-order valence-electron chi connectivity index (χ2n) is 11.2. The van der Waals surface area contributed by atoms with Crippen LogP contribution in [0.15, 0.2) is 85.0 Å². The first-order valence-corrected chi connectivity index (χ1v) is 14.1. The number of nitrogens with one attached hydrogen (secondary N) is 1. The summed E-state index contributed by atoms with van der Waals surface area (Å²) in [5, 5.41) is 14.4. The Morgan fingerprint density at radius 2 is 1.36 bits per heavy atom. The van der Waals surface area contributed by atoms with Crippen molar-refractivity contribution in [3.63, 3.8) is 0 Å². The van der Waals surface area contributed by atoms with Gasteiger partial charge in [-0.15, -0.1) is 0 Å². The molecule has 6 nitrogen and oxygen atoms in total. The summed E-state index contributed by atoms with van der Waals surface area (Å²) >= 11 is 0. The van der Waals surface area contributed by atoms with Gasteiger partial charge in [-0.25, -0.2) is 4.79 Å². The molecule has 3 rings (SSSR count). The molecule has 2 aromatic carbocycles. The lowest BCUT2D eigenvalue weighted by molar-refractivity contribution is -0.137. The van der Waals surface area contributed by atoms with Crippen molar-refractivity contribution in [1.82, 2.24) is 5.32 Å². The van der Waals surface area contributed by atoms with E-state index in [1.165, 1.54) is 0 Å². The minimum absolute atomic E-state index is 0.207. The highest BCUT2D eigenvalue weighted by Gasteiger charge is 2.51. The van der Waals surface area contributed by atoms with E-state index >= 15 is 0 Å². The van der Waals surface area contributed by atoms with Crippen molar-refractivity contribution < 1.29 is 23.9 Å². The fraction of sp³-hybridized carbons (Fsp3) is 0.379. The number of hydrogen-bond donors (Lipinski definition) is 2. The Bertz CT molecular complexity index is 1060. The van der Waals surface area contributed by atoms with Gasteiger partial charge in [0.15, 0.2) is 0 Å². The number of carboxylic acid groups (broad SMARTS) is 1. The van der Waals surface area contributed by atoms with E-state index in [1.807, 2.05) is 48.6 Å². The normalized spacial score (nSPS) is 20.1. The maximum atomic E-state index is 12.5. The van der Waals surface area contributed by atoms with Crippen molar-refractivity contribution in [3.8, 4) is 0 Å². The van der Waals surface area contributed by atoms with E-state index in [9.17, 15) is 14.7 Å². The fourth-order valence-corrected chi connectivity index (χ4v) is 9.20. The van der Waals surface area contributed by atoms with Crippen LogP contribution in [0.1, 0.15) is 48.0 Å². The molecule has 2 aromatic rings. The molecule has 1 aliphatic rings. The number of aliphatic carboxylic acids is 1. The molecule has 0 saturated carbocycles. The Labute approximate surface area is 215 Å². The summed E-state index contributed by atoms with van der Waals surface area (Å²) in [6.45, 7) is 11.9. The molecule has 0 fully saturated rings. The first kappa shape index (κ1) is 27.4. The van der Waals surface area contributed by atoms with Crippen LogP contribution < -0.4 is 15.7 Å². The summed E-state index contributed by atoms with van der Waals surface area (Å²) in [7, 11) is -2.81. The summed E-state index contributed by atoms with van der Waals surface area (Å²) in [5.41, 5.74) is -1.91. The van der Waals surface area contributed by atoms with Gasteiger partial charge in [0, 0.05) is 0 Å². The second-order valence-corrected chi connectivity index (χ2v) is 15.5. The number of ether oxygens (including phenoxy) is 1. The van der Waals surface area contributed by atoms with Crippen molar-refractivity contribution in [2.24, 2.45) is 0 Å². The minimum atomic E-state index is -2.81. The van der Waals surface area contributed by atoms with Gasteiger partial charge in [0.25, 0.3) is 8.32 Å².